The molecule has 0 atom stereocenters. The summed E-state index contributed by atoms with van der Waals surface area (Å²) in [5.41, 5.74) is 2.17. The van der Waals surface area contributed by atoms with Gasteiger partial charge in [-0.15, -0.1) is 0 Å². The van der Waals surface area contributed by atoms with Gasteiger partial charge >= 0.3 is 6.09 Å². The summed E-state index contributed by atoms with van der Waals surface area (Å²) in [6.45, 7) is 0.277. The Morgan fingerprint density at radius 3 is 2.20 bits per heavy atom. The van der Waals surface area contributed by atoms with E-state index >= 15 is 0 Å². The van der Waals surface area contributed by atoms with E-state index in [2.05, 4.69) is 5.32 Å². The number of amides is 1. The SMILES string of the molecule is O=C(N/C=C/Cc1ccccc1)OCc1ccccc1. The Kier molecular flexibility index (Phi) is 5.40. The van der Waals surface area contributed by atoms with E-state index < -0.39 is 6.09 Å². The first-order chi connectivity index (χ1) is 9.84. The van der Waals surface area contributed by atoms with Crippen molar-refractivity contribution in [2.45, 2.75) is 13.0 Å². The molecule has 20 heavy (non-hydrogen) atoms. The maximum Gasteiger partial charge on any atom is 0.411 e. The van der Waals surface area contributed by atoms with Gasteiger partial charge in [-0.25, -0.2) is 4.79 Å². The molecular formula is C17H17NO2. The highest BCUT2D eigenvalue weighted by Gasteiger charge is 1.99. The van der Waals surface area contributed by atoms with Crippen molar-refractivity contribution in [3.8, 4) is 0 Å². The normalized spacial score (nSPS) is 10.4. The van der Waals surface area contributed by atoms with Crippen molar-refractivity contribution in [2.24, 2.45) is 0 Å². The van der Waals surface area contributed by atoms with E-state index in [1.807, 2.05) is 66.7 Å². The first-order valence-corrected chi connectivity index (χ1v) is 6.51. The minimum Gasteiger partial charge on any atom is -0.444 e. The number of ether oxygens (including phenoxy) is 1. The average Bonchev–Trinajstić information content (AvgIpc) is 2.52. The van der Waals surface area contributed by atoms with Gasteiger partial charge in [0.1, 0.15) is 6.61 Å². The fraction of sp³-hybridized carbons (Fsp3) is 0.118. The van der Waals surface area contributed by atoms with Gasteiger partial charge in [-0.2, -0.15) is 0 Å². The van der Waals surface area contributed by atoms with E-state index in [9.17, 15) is 4.79 Å². The molecule has 2 aromatic carbocycles. The highest BCUT2D eigenvalue weighted by molar-refractivity contribution is 5.68. The zero-order valence-corrected chi connectivity index (χ0v) is 11.2. The zero-order chi connectivity index (χ0) is 14.0. The highest BCUT2D eigenvalue weighted by atomic mass is 16.5. The zero-order valence-electron chi connectivity index (χ0n) is 11.2. The molecule has 0 aromatic heterocycles. The van der Waals surface area contributed by atoms with Crippen molar-refractivity contribution in [3.05, 3.63) is 84.1 Å². The molecule has 0 heterocycles. The fourth-order valence-electron chi connectivity index (χ4n) is 1.70. The van der Waals surface area contributed by atoms with E-state index in [0.29, 0.717) is 0 Å². The van der Waals surface area contributed by atoms with Crippen LogP contribution in [0.25, 0.3) is 0 Å². The summed E-state index contributed by atoms with van der Waals surface area (Å²) in [7, 11) is 0. The first-order valence-electron chi connectivity index (χ1n) is 6.51. The molecule has 1 N–H and O–H groups in total. The first kappa shape index (κ1) is 13.9. The van der Waals surface area contributed by atoms with Crippen LogP contribution in [0, 0.1) is 0 Å². The maximum atomic E-state index is 11.4. The van der Waals surface area contributed by atoms with Gasteiger partial charge in [0.05, 0.1) is 0 Å². The molecule has 0 bridgehead atoms. The van der Waals surface area contributed by atoms with E-state index in [4.69, 9.17) is 4.74 Å². The summed E-state index contributed by atoms with van der Waals surface area (Å²) in [5, 5.41) is 2.58. The molecule has 0 radical (unpaired) electrons. The van der Waals surface area contributed by atoms with Crippen molar-refractivity contribution < 1.29 is 9.53 Å². The molecule has 2 aromatic rings. The van der Waals surface area contributed by atoms with Gasteiger partial charge in [0.2, 0.25) is 0 Å². The minimum absolute atomic E-state index is 0.277. The predicted molar refractivity (Wildman–Crippen MR) is 79.0 cm³/mol. The van der Waals surface area contributed by atoms with Crippen LogP contribution in [0.2, 0.25) is 0 Å². The lowest BCUT2D eigenvalue weighted by molar-refractivity contribution is 0.143. The van der Waals surface area contributed by atoms with Crippen LogP contribution in [0.15, 0.2) is 72.9 Å². The van der Waals surface area contributed by atoms with E-state index in [0.717, 1.165) is 12.0 Å². The van der Waals surface area contributed by atoms with Crippen LogP contribution in [0.1, 0.15) is 11.1 Å². The molecule has 102 valence electrons. The summed E-state index contributed by atoms with van der Waals surface area (Å²) >= 11 is 0. The summed E-state index contributed by atoms with van der Waals surface area (Å²) in [6, 6.07) is 19.6. The number of rotatable bonds is 5. The molecular weight excluding hydrogens is 250 g/mol. The minimum atomic E-state index is -0.446. The Morgan fingerprint density at radius 1 is 0.950 bits per heavy atom. The molecule has 0 saturated heterocycles. The van der Waals surface area contributed by atoms with Crippen molar-refractivity contribution in [2.75, 3.05) is 0 Å². The summed E-state index contributed by atoms with van der Waals surface area (Å²) in [5.74, 6) is 0. The predicted octanol–water partition coefficient (Wildman–Crippen LogP) is 3.67. The highest BCUT2D eigenvalue weighted by Crippen LogP contribution is 2.01. The standard InChI is InChI=1S/C17H17NO2/c19-17(20-14-16-10-5-2-6-11-16)18-13-7-12-15-8-3-1-4-9-15/h1-11,13H,12,14H2,(H,18,19)/b13-7+. The topological polar surface area (TPSA) is 38.3 Å². The lowest BCUT2D eigenvalue weighted by atomic mass is 10.1. The van der Waals surface area contributed by atoms with Crippen LogP contribution in [-0.2, 0) is 17.8 Å². The Hall–Kier alpha value is -2.55. The number of carbonyl (C=O) groups is 1. The van der Waals surface area contributed by atoms with Gasteiger partial charge in [-0.05, 0) is 17.5 Å². The second-order valence-electron chi connectivity index (χ2n) is 4.30. The molecule has 0 spiro atoms. The average molecular weight is 267 g/mol. The van der Waals surface area contributed by atoms with Crippen molar-refractivity contribution in [1.29, 1.82) is 0 Å². The van der Waals surface area contributed by atoms with E-state index in [1.54, 1.807) is 6.20 Å². The third kappa shape index (κ3) is 4.98. The quantitative estimate of drug-likeness (QED) is 0.897. The van der Waals surface area contributed by atoms with Gasteiger partial charge < -0.3 is 4.74 Å². The molecule has 0 aliphatic rings. The van der Waals surface area contributed by atoms with Gasteiger partial charge in [0, 0.05) is 6.20 Å². The Bertz CT molecular complexity index is 550. The van der Waals surface area contributed by atoms with Gasteiger partial charge in [-0.1, -0.05) is 66.7 Å². The van der Waals surface area contributed by atoms with Gasteiger partial charge in [-0.3, -0.25) is 5.32 Å². The molecule has 2 rings (SSSR count). The largest absolute Gasteiger partial charge is 0.444 e. The second-order valence-corrected chi connectivity index (χ2v) is 4.30. The number of hydrogen-bond donors (Lipinski definition) is 1. The molecule has 3 heteroatoms. The molecule has 0 unspecified atom stereocenters. The summed E-state index contributed by atoms with van der Waals surface area (Å²) in [4.78, 5) is 11.4. The monoisotopic (exact) mass is 267 g/mol. The molecule has 3 nitrogen and oxygen atoms in total. The summed E-state index contributed by atoms with van der Waals surface area (Å²) in [6.07, 6.45) is 3.83. The Morgan fingerprint density at radius 2 is 1.55 bits per heavy atom. The summed E-state index contributed by atoms with van der Waals surface area (Å²) < 4.78 is 5.08. The molecule has 0 aliphatic heterocycles. The van der Waals surface area contributed by atoms with Crippen LogP contribution >= 0.6 is 0 Å². The maximum absolute atomic E-state index is 11.4. The van der Waals surface area contributed by atoms with Crippen LogP contribution in [-0.4, -0.2) is 6.09 Å². The van der Waals surface area contributed by atoms with Gasteiger partial charge in [0.15, 0.2) is 0 Å². The number of benzene rings is 2. The van der Waals surface area contributed by atoms with Gasteiger partial charge in [0.25, 0.3) is 0 Å². The van der Waals surface area contributed by atoms with E-state index in [1.165, 1.54) is 5.56 Å². The van der Waals surface area contributed by atoms with E-state index in [-0.39, 0.29) is 6.61 Å². The Labute approximate surface area is 118 Å². The lowest BCUT2D eigenvalue weighted by Crippen LogP contribution is -2.18. The number of carbonyl (C=O) groups excluding carboxylic acids is 1. The van der Waals surface area contributed by atoms with Crippen molar-refractivity contribution >= 4 is 6.09 Å². The molecule has 0 fully saturated rings. The van der Waals surface area contributed by atoms with Crippen LogP contribution < -0.4 is 5.32 Å². The lowest BCUT2D eigenvalue weighted by Gasteiger charge is -2.03. The fourth-order valence-corrected chi connectivity index (χ4v) is 1.70. The molecule has 0 saturated carbocycles. The molecule has 0 aliphatic carbocycles. The number of nitrogens with one attached hydrogen (secondary N) is 1. The third-order valence-electron chi connectivity index (χ3n) is 2.73. The van der Waals surface area contributed by atoms with Crippen LogP contribution in [0.5, 0.6) is 0 Å². The Balaban J connectivity index is 1.67. The van der Waals surface area contributed by atoms with Crippen molar-refractivity contribution in [1.82, 2.24) is 5.32 Å². The molecule has 1 amide bonds. The second kappa shape index (κ2) is 7.79. The smallest absolute Gasteiger partial charge is 0.411 e. The number of hydrogen-bond acceptors (Lipinski definition) is 2. The number of allylic oxidation sites excluding steroid dienone is 1. The van der Waals surface area contributed by atoms with Crippen LogP contribution in [0.4, 0.5) is 4.79 Å². The number of alkyl carbamates (subject to hydrolysis) is 1. The third-order valence-corrected chi connectivity index (χ3v) is 2.73. The van der Waals surface area contributed by atoms with Crippen molar-refractivity contribution in [3.63, 3.8) is 0 Å². The van der Waals surface area contributed by atoms with Crippen LogP contribution in [0.3, 0.4) is 0 Å².